The molecule has 1 aromatic rings. The molecule has 0 aromatic heterocycles. The summed E-state index contributed by atoms with van der Waals surface area (Å²) < 4.78 is 42.6. The maximum atomic E-state index is 13.1. The summed E-state index contributed by atoms with van der Waals surface area (Å²) in [6.45, 7) is 11.9. The molecule has 0 radical (unpaired) electrons. The lowest BCUT2D eigenvalue weighted by molar-refractivity contribution is -0.192. The van der Waals surface area contributed by atoms with E-state index in [4.69, 9.17) is 25.1 Å². The molecule has 0 saturated heterocycles. The molecule has 0 spiro atoms. The number of carboxylic acid groups (broad SMARTS) is 2. The van der Waals surface area contributed by atoms with Crippen molar-refractivity contribution in [3.63, 3.8) is 0 Å². The Bertz CT molecular complexity index is 1130. The van der Waals surface area contributed by atoms with Crippen molar-refractivity contribution >= 4 is 23.8 Å². The Hall–Kier alpha value is -3.43. The second-order valence-corrected chi connectivity index (χ2v) is 12.3. The fourth-order valence-corrected chi connectivity index (χ4v) is 4.55. The third-order valence-corrected chi connectivity index (χ3v) is 7.72. The second kappa shape index (κ2) is 23.0. The highest BCUT2D eigenvalue weighted by atomic mass is 19.4. The molecule has 0 aliphatic carbocycles. The standard InChI is InChI=1S/C31H53N3O7.C2HF3O2/c1-7-8-13-33-30(37)25(21(4)5)18-27(35)26(32)16-23(20(2)3)19-34-29(36)24-12-11-22(31(38)39)17-28(24)41-15-10-9-14-40-6;3-2(4,5)1(6)7/h11-12,17,20-21,23,25-27,35H,7-10,13-16,18-19,32H2,1-6H3,(H,33,37)(H,34,36)(H,38,39);(H,6,7)/t23-,25+,26+,27+;/m1./s1. The fourth-order valence-electron chi connectivity index (χ4n) is 4.55. The smallest absolute Gasteiger partial charge is 0.490 e. The van der Waals surface area contributed by atoms with E-state index in [0.29, 0.717) is 39.1 Å². The molecule has 1 aromatic carbocycles. The maximum Gasteiger partial charge on any atom is 0.490 e. The van der Waals surface area contributed by atoms with Gasteiger partial charge in [0.25, 0.3) is 5.91 Å². The number of ether oxygens (including phenoxy) is 2. The predicted octanol–water partition coefficient (Wildman–Crippen LogP) is 4.48. The number of carboxylic acids is 2. The Morgan fingerprint density at radius 3 is 2.04 bits per heavy atom. The maximum absolute atomic E-state index is 13.1. The number of unbranched alkanes of at least 4 members (excludes halogenated alkanes) is 2. The Morgan fingerprint density at radius 1 is 0.938 bits per heavy atom. The zero-order chi connectivity index (χ0) is 37.0. The van der Waals surface area contributed by atoms with Gasteiger partial charge in [0, 0.05) is 38.8 Å². The summed E-state index contributed by atoms with van der Waals surface area (Å²) in [4.78, 5) is 46.2. The Kier molecular flexibility index (Phi) is 21.4. The van der Waals surface area contributed by atoms with Gasteiger partial charge >= 0.3 is 18.1 Å². The van der Waals surface area contributed by atoms with E-state index in [1.807, 2.05) is 27.7 Å². The monoisotopic (exact) mass is 693 g/mol. The van der Waals surface area contributed by atoms with Gasteiger partial charge in [-0.05, 0) is 68.1 Å². The number of alkyl halides is 3. The van der Waals surface area contributed by atoms with E-state index in [2.05, 4.69) is 17.6 Å². The van der Waals surface area contributed by atoms with Crippen molar-refractivity contribution in [2.24, 2.45) is 29.4 Å². The lowest BCUT2D eigenvalue weighted by Crippen LogP contribution is -2.44. The molecule has 12 nitrogen and oxygen atoms in total. The number of halogens is 3. The first-order chi connectivity index (χ1) is 22.4. The van der Waals surface area contributed by atoms with Crippen LogP contribution in [0.1, 0.15) is 93.9 Å². The molecule has 0 heterocycles. The predicted molar refractivity (Wildman–Crippen MR) is 174 cm³/mol. The van der Waals surface area contributed by atoms with Gasteiger partial charge in [-0.15, -0.1) is 0 Å². The van der Waals surface area contributed by atoms with E-state index < -0.39 is 30.3 Å². The first kappa shape index (κ1) is 44.6. The normalized spacial score (nSPS) is 13.9. The number of rotatable bonds is 21. The average Bonchev–Trinajstić information content (AvgIpc) is 3.00. The van der Waals surface area contributed by atoms with Crippen molar-refractivity contribution in [1.82, 2.24) is 10.6 Å². The summed E-state index contributed by atoms with van der Waals surface area (Å²) >= 11 is 0. The zero-order valence-corrected chi connectivity index (χ0v) is 28.8. The fraction of sp³-hybridized carbons (Fsp3) is 0.697. The molecular weight excluding hydrogens is 639 g/mol. The first-order valence-corrected chi connectivity index (χ1v) is 16.2. The number of hydrogen-bond acceptors (Lipinski definition) is 8. The quantitative estimate of drug-likeness (QED) is 0.0999. The molecule has 276 valence electrons. The molecule has 15 heteroatoms. The van der Waals surface area contributed by atoms with Crippen LogP contribution in [0.15, 0.2) is 18.2 Å². The Balaban J connectivity index is 0.00000282. The molecule has 48 heavy (non-hydrogen) atoms. The van der Waals surface area contributed by atoms with Crippen LogP contribution in [0, 0.1) is 23.7 Å². The van der Waals surface area contributed by atoms with Gasteiger partial charge in [0.1, 0.15) is 5.75 Å². The van der Waals surface area contributed by atoms with Gasteiger partial charge in [0.15, 0.2) is 0 Å². The van der Waals surface area contributed by atoms with E-state index in [1.165, 1.54) is 18.2 Å². The van der Waals surface area contributed by atoms with Crippen molar-refractivity contribution in [1.29, 1.82) is 0 Å². The van der Waals surface area contributed by atoms with Crippen LogP contribution in [0.4, 0.5) is 13.2 Å². The molecule has 0 saturated carbocycles. The van der Waals surface area contributed by atoms with Gasteiger partial charge in [0.2, 0.25) is 5.91 Å². The van der Waals surface area contributed by atoms with E-state index >= 15 is 0 Å². The summed E-state index contributed by atoms with van der Waals surface area (Å²) in [6, 6.07) is 3.64. The van der Waals surface area contributed by atoms with Crippen LogP contribution in [0.25, 0.3) is 0 Å². The number of aliphatic hydroxyl groups is 1. The molecule has 4 atom stereocenters. The number of carbonyl (C=O) groups excluding carboxylic acids is 2. The molecular formula is C33H54F3N3O9. The van der Waals surface area contributed by atoms with E-state index in [0.717, 1.165) is 19.3 Å². The lowest BCUT2D eigenvalue weighted by atomic mass is 9.83. The number of amides is 2. The van der Waals surface area contributed by atoms with Crippen molar-refractivity contribution in [3.8, 4) is 5.75 Å². The number of nitrogens with two attached hydrogens (primary N) is 1. The van der Waals surface area contributed by atoms with Crippen LogP contribution in [0.2, 0.25) is 0 Å². The molecule has 0 unspecified atom stereocenters. The molecule has 0 aliphatic heterocycles. The second-order valence-electron chi connectivity index (χ2n) is 12.3. The highest BCUT2D eigenvalue weighted by Gasteiger charge is 2.38. The minimum absolute atomic E-state index is 0.0313. The van der Waals surface area contributed by atoms with Crippen LogP contribution < -0.4 is 21.1 Å². The van der Waals surface area contributed by atoms with Crippen molar-refractivity contribution < 1.29 is 57.1 Å². The number of aliphatic hydroxyl groups excluding tert-OH is 1. The number of nitrogens with one attached hydrogen (secondary N) is 2. The number of carbonyl (C=O) groups is 4. The van der Waals surface area contributed by atoms with E-state index in [9.17, 15) is 37.8 Å². The van der Waals surface area contributed by atoms with E-state index in [-0.39, 0.29) is 58.8 Å². The number of benzene rings is 1. The van der Waals surface area contributed by atoms with Crippen LogP contribution >= 0.6 is 0 Å². The summed E-state index contributed by atoms with van der Waals surface area (Å²) in [6.07, 6.45) is -1.84. The Morgan fingerprint density at radius 2 is 1.54 bits per heavy atom. The van der Waals surface area contributed by atoms with Crippen LogP contribution in [0.3, 0.4) is 0 Å². The molecule has 0 fully saturated rings. The number of aromatic carboxylic acids is 1. The number of aliphatic carboxylic acids is 1. The molecule has 1 rings (SSSR count). The summed E-state index contributed by atoms with van der Waals surface area (Å²) in [5, 5.41) is 33.3. The minimum Gasteiger partial charge on any atom is -0.493 e. The van der Waals surface area contributed by atoms with Gasteiger partial charge in [-0.1, -0.05) is 41.0 Å². The largest absolute Gasteiger partial charge is 0.493 e. The number of methoxy groups -OCH3 is 1. The third-order valence-electron chi connectivity index (χ3n) is 7.72. The van der Waals surface area contributed by atoms with Gasteiger partial charge in [-0.25, -0.2) is 9.59 Å². The van der Waals surface area contributed by atoms with Gasteiger partial charge in [-0.2, -0.15) is 13.2 Å². The summed E-state index contributed by atoms with van der Waals surface area (Å²) in [5.41, 5.74) is 6.71. The van der Waals surface area contributed by atoms with Crippen molar-refractivity contribution in [3.05, 3.63) is 29.3 Å². The minimum atomic E-state index is -5.08. The van der Waals surface area contributed by atoms with Gasteiger partial charge in [-0.3, -0.25) is 9.59 Å². The van der Waals surface area contributed by atoms with Crippen LogP contribution in [0.5, 0.6) is 5.75 Å². The van der Waals surface area contributed by atoms with Crippen LogP contribution in [-0.4, -0.2) is 90.8 Å². The van der Waals surface area contributed by atoms with Crippen molar-refractivity contribution in [2.75, 3.05) is 33.4 Å². The van der Waals surface area contributed by atoms with Gasteiger partial charge in [0.05, 0.1) is 23.8 Å². The summed E-state index contributed by atoms with van der Waals surface area (Å²) in [7, 11) is 1.62. The topological polar surface area (TPSA) is 198 Å². The highest BCUT2D eigenvalue weighted by molar-refractivity contribution is 5.98. The molecule has 0 aliphatic rings. The SMILES string of the molecule is CCCCNC(=O)[C@@H](C[C@H](O)[C@@H](N)C[C@H](CNC(=O)c1ccc(C(=O)O)cc1OCCCCOC)C(C)C)C(C)C.O=C(O)C(F)(F)F. The Labute approximate surface area is 280 Å². The zero-order valence-electron chi connectivity index (χ0n) is 28.8. The third kappa shape index (κ3) is 17.6. The van der Waals surface area contributed by atoms with E-state index in [1.54, 1.807) is 7.11 Å². The number of hydrogen-bond donors (Lipinski definition) is 6. The highest BCUT2D eigenvalue weighted by Crippen LogP contribution is 2.25. The van der Waals surface area contributed by atoms with Crippen molar-refractivity contribution in [2.45, 2.75) is 91.5 Å². The molecule has 7 N–H and O–H groups in total. The molecule has 2 amide bonds. The summed E-state index contributed by atoms with van der Waals surface area (Å²) in [5.74, 6) is -4.23. The van der Waals surface area contributed by atoms with Gasteiger partial charge < -0.3 is 41.2 Å². The average molecular weight is 694 g/mol. The first-order valence-electron chi connectivity index (χ1n) is 16.2. The lowest BCUT2D eigenvalue weighted by Gasteiger charge is -2.30. The van der Waals surface area contributed by atoms with Crippen LogP contribution in [-0.2, 0) is 14.3 Å². The molecule has 0 bridgehead atoms.